The molecular formula is C21H27N3O2. The van der Waals surface area contributed by atoms with Gasteiger partial charge in [-0.05, 0) is 69.5 Å². The average Bonchev–Trinajstić information content (AvgIpc) is 3.39. The molecule has 1 unspecified atom stereocenters. The highest BCUT2D eigenvalue weighted by Crippen LogP contribution is 2.39. The van der Waals surface area contributed by atoms with Gasteiger partial charge in [-0.3, -0.25) is 4.98 Å². The van der Waals surface area contributed by atoms with Crippen LogP contribution >= 0.6 is 0 Å². The number of benzene rings is 1. The molecular weight excluding hydrogens is 326 g/mol. The van der Waals surface area contributed by atoms with Crippen LogP contribution < -0.4 is 5.32 Å². The number of anilines is 1. The van der Waals surface area contributed by atoms with Crippen molar-refractivity contribution in [2.75, 3.05) is 18.4 Å². The third kappa shape index (κ3) is 2.88. The number of pyridine rings is 1. The number of fused-ring (bicyclic) bond motifs is 2. The van der Waals surface area contributed by atoms with E-state index in [1.807, 2.05) is 0 Å². The Labute approximate surface area is 154 Å². The number of hydrogen-bond donors (Lipinski definition) is 3. The molecule has 2 fully saturated rings. The van der Waals surface area contributed by atoms with E-state index in [1.165, 1.54) is 50.8 Å². The van der Waals surface area contributed by atoms with Crippen LogP contribution in [0, 0.1) is 0 Å². The molecule has 1 aliphatic heterocycles. The summed E-state index contributed by atoms with van der Waals surface area (Å²) in [7, 11) is 0. The van der Waals surface area contributed by atoms with Crippen molar-refractivity contribution in [1.29, 1.82) is 0 Å². The lowest BCUT2D eigenvalue weighted by molar-refractivity contribution is 0.274. The number of phenolic OH excluding ortho intramolecular Hbond substituents is 2. The zero-order valence-corrected chi connectivity index (χ0v) is 15.2. The van der Waals surface area contributed by atoms with Crippen LogP contribution in [0.1, 0.15) is 49.8 Å². The second kappa shape index (κ2) is 6.31. The Morgan fingerprint density at radius 3 is 2.65 bits per heavy atom. The molecule has 0 amide bonds. The SMILES string of the molecule is Oc1cc2nc3c(c(NC4CCCN(C5CC5)CC4)c2cc1O)CCC3. The van der Waals surface area contributed by atoms with Crippen molar-refractivity contribution < 1.29 is 10.2 Å². The van der Waals surface area contributed by atoms with Crippen molar-refractivity contribution >= 4 is 16.6 Å². The zero-order valence-electron chi connectivity index (χ0n) is 15.2. The van der Waals surface area contributed by atoms with Crippen molar-refractivity contribution in [3.63, 3.8) is 0 Å². The first kappa shape index (κ1) is 16.2. The number of aromatic hydroxyl groups is 2. The van der Waals surface area contributed by atoms with Crippen LogP contribution in [0.3, 0.4) is 0 Å². The summed E-state index contributed by atoms with van der Waals surface area (Å²) in [4.78, 5) is 7.42. The second-order valence-electron chi connectivity index (χ2n) is 8.16. The van der Waals surface area contributed by atoms with Crippen LogP contribution in [-0.2, 0) is 12.8 Å². The maximum absolute atomic E-state index is 10.0. The molecule has 1 atom stereocenters. The number of nitrogens with one attached hydrogen (secondary N) is 1. The fourth-order valence-corrected chi connectivity index (χ4v) is 4.72. The Kier molecular flexibility index (Phi) is 3.92. The van der Waals surface area contributed by atoms with Crippen LogP contribution in [0.2, 0.25) is 0 Å². The van der Waals surface area contributed by atoms with Gasteiger partial charge in [-0.2, -0.15) is 0 Å². The molecule has 5 heteroatoms. The Morgan fingerprint density at radius 2 is 1.81 bits per heavy atom. The number of likely N-dealkylation sites (tertiary alicyclic amines) is 1. The van der Waals surface area contributed by atoms with Crippen molar-refractivity contribution in [2.45, 2.75) is 63.5 Å². The number of phenols is 2. The molecule has 0 radical (unpaired) electrons. The molecule has 1 aromatic carbocycles. The van der Waals surface area contributed by atoms with Crippen molar-refractivity contribution in [1.82, 2.24) is 9.88 Å². The van der Waals surface area contributed by atoms with Gasteiger partial charge < -0.3 is 20.4 Å². The van der Waals surface area contributed by atoms with E-state index in [1.54, 1.807) is 12.1 Å². The summed E-state index contributed by atoms with van der Waals surface area (Å²) in [5.41, 5.74) is 4.38. The maximum Gasteiger partial charge on any atom is 0.159 e. The molecule has 0 bridgehead atoms. The fraction of sp³-hybridized carbons (Fsp3) is 0.571. The zero-order chi connectivity index (χ0) is 17.7. The molecule has 1 saturated heterocycles. The Bertz CT molecular complexity index is 847. The van der Waals surface area contributed by atoms with E-state index in [4.69, 9.17) is 4.98 Å². The molecule has 5 nitrogen and oxygen atoms in total. The van der Waals surface area contributed by atoms with Gasteiger partial charge in [-0.25, -0.2) is 0 Å². The summed E-state index contributed by atoms with van der Waals surface area (Å²) in [5, 5.41) is 24.7. The van der Waals surface area contributed by atoms with Gasteiger partial charge in [-0.15, -0.1) is 0 Å². The van der Waals surface area contributed by atoms with Gasteiger partial charge in [0.25, 0.3) is 0 Å². The van der Waals surface area contributed by atoms with Gasteiger partial charge in [0.05, 0.1) is 5.52 Å². The van der Waals surface area contributed by atoms with E-state index in [0.29, 0.717) is 6.04 Å². The van der Waals surface area contributed by atoms with E-state index in [2.05, 4.69) is 10.2 Å². The first-order chi connectivity index (χ1) is 12.7. The molecule has 2 aromatic rings. The maximum atomic E-state index is 10.0. The van der Waals surface area contributed by atoms with Gasteiger partial charge in [0.2, 0.25) is 0 Å². The molecule has 1 saturated carbocycles. The monoisotopic (exact) mass is 353 g/mol. The number of rotatable bonds is 3. The lowest BCUT2D eigenvalue weighted by Crippen LogP contribution is -2.28. The first-order valence-corrected chi connectivity index (χ1v) is 10.1. The summed E-state index contributed by atoms with van der Waals surface area (Å²) < 4.78 is 0. The van der Waals surface area contributed by atoms with Crippen molar-refractivity contribution in [3.8, 4) is 11.5 Å². The molecule has 26 heavy (non-hydrogen) atoms. The van der Waals surface area contributed by atoms with Gasteiger partial charge in [0.15, 0.2) is 11.5 Å². The Balaban J connectivity index is 1.48. The highest BCUT2D eigenvalue weighted by Gasteiger charge is 2.31. The summed E-state index contributed by atoms with van der Waals surface area (Å²) in [6, 6.07) is 4.58. The largest absolute Gasteiger partial charge is 0.504 e. The van der Waals surface area contributed by atoms with Gasteiger partial charge in [-0.1, -0.05) is 0 Å². The van der Waals surface area contributed by atoms with Crippen LogP contribution in [0.4, 0.5) is 5.69 Å². The molecule has 0 spiro atoms. The minimum atomic E-state index is -0.0940. The van der Waals surface area contributed by atoms with Gasteiger partial charge >= 0.3 is 0 Å². The number of aryl methyl sites for hydroxylation is 1. The Hall–Kier alpha value is -2.01. The van der Waals surface area contributed by atoms with Crippen molar-refractivity contribution in [2.24, 2.45) is 0 Å². The van der Waals surface area contributed by atoms with Crippen LogP contribution in [-0.4, -0.2) is 45.3 Å². The lowest BCUT2D eigenvalue weighted by atomic mass is 10.0. The number of aromatic nitrogens is 1. The highest BCUT2D eigenvalue weighted by molar-refractivity contribution is 5.96. The van der Waals surface area contributed by atoms with E-state index in [-0.39, 0.29) is 11.5 Å². The van der Waals surface area contributed by atoms with Crippen LogP contribution in [0.25, 0.3) is 10.9 Å². The first-order valence-electron chi connectivity index (χ1n) is 10.1. The van der Waals surface area contributed by atoms with E-state index < -0.39 is 0 Å². The molecule has 5 rings (SSSR count). The quantitative estimate of drug-likeness (QED) is 0.736. The van der Waals surface area contributed by atoms with Crippen molar-refractivity contribution in [3.05, 3.63) is 23.4 Å². The van der Waals surface area contributed by atoms with E-state index >= 15 is 0 Å². The smallest absolute Gasteiger partial charge is 0.159 e. The van der Waals surface area contributed by atoms with Crippen LogP contribution in [0.5, 0.6) is 11.5 Å². The summed E-state index contributed by atoms with van der Waals surface area (Å²) in [6.07, 6.45) is 9.53. The molecule has 3 N–H and O–H groups in total. The topological polar surface area (TPSA) is 68.6 Å². The minimum Gasteiger partial charge on any atom is -0.504 e. The minimum absolute atomic E-state index is 0.0685. The van der Waals surface area contributed by atoms with E-state index in [0.717, 1.165) is 47.6 Å². The summed E-state index contributed by atoms with van der Waals surface area (Å²) in [5.74, 6) is -0.162. The molecule has 1 aromatic heterocycles. The Morgan fingerprint density at radius 1 is 0.962 bits per heavy atom. The lowest BCUT2D eigenvalue weighted by Gasteiger charge is -2.23. The van der Waals surface area contributed by atoms with Crippen LogP contribution in [0.15, 0.2) is 12.1 Å². The number of hydrogen-bond acceptors (Lipinski definition) is 5. The fourth-order valence-electron chi connectivity index (χ4n) is 4.72. The predicted octanol–water partition coefficient (Wildman–Crippen LogP) is 3.56. The third-order valence-electron chi connectivity index (χ3n) is 6.28. The third-order valence-corrected chi connectivity index (χ3v) is 6.28. The molecule has 138 valence electrons. The molecule has 2 heterocycles. The highest BCUT2D eigenvalue weighted by atomic mass is 16.3. The van der Waals surface area contributed by atoms with Gasteiger partial charge in [0.1, 0.15) is 0 Å². The van der Waals surface area contributed by atoms with Gasteiger partial charge in [0, 0.05) is 41.5 Å². The van der Waals surface area contributed by atoms with E-state index in [9.17, 15) is 10.2 Å². The summed E-state index contributed by atoms with van der Waals surface area (Å²) >= 11 is 0. The molecule has 3 aliphatic rings. The normalized spacial score (nSPS) is 23.8. The summed E-state index contributed by atoms with van der Waals surface area (Å²) in [6.45, 7) is 2.41. The second-order valence-corrected chi connectivity index (χ2v) is 8.16. The number of nitrogens with zero attached hydrogens (tertiary/aromatic N) is 2. The molecule has 2 aliphatic carbocycles. The average molecular weight is 353 g/mol. The predicted molar refractivity (Wildman–Crippen MR) is 103 cm³/mol. The standard InChI is InChI=1S/C21H27N3O2/c25-19-11-16-18(12-20(19)26)23-17-5-1-4-15(17)21(16)22-13-3-2-9-24(10-8-13)14-6-7-14/h11-14,25-26H,1-10H2,(H,22,23).